The van der Waals surface area contributed by atoms with Crippen LogP contribution in [0.25, 0.3) is 0 Å². The van der Waals surface area contributed by atoms with Crippen LogP contribution in [-0.2, 0) is 4.74 Å². The van der Waals surface area contributed by atoms with Gasteiger partial charge in [0.15, 0.2) is 6.29 Å². The molecule has 4 nitrogen and oxygen atoms in total. The van der Waals surface area contributed by atoms with Crippen molar-refractivity contribution in [2.45, 2.75) is 0 Å². The Morgan fingerprint density at radius 1 is 1.53 bits per heavy atom. The molecule has 0 aliphatic heterocycles. The summed E-state index contributed by atoms with van der Waals surface area (Å²) >= 11 is 0. The zero-order chi connectivity index (χ0) is 11.3. The number of phenols is 1. The number of carbonyl (C=O) groups excluding carboxylic acids is 2. The van der Waals surface area contributed by atoms with Crippen molar-refractivity contribution in [3.05, 3.63) is 42.0 Å². The van der Waals surface area contributed by atoms with Crippen LogP contribution in [0.1, 0.15) is 20.7 Å². The molecule has 0 atom stereocenters. The Morgan fingerprint density at radius 2 is 2.27 bits per heavy atom. The summed E-state index contributed by atoms with van der Waals surface area (Å²) in [6.07, 6.45) is 1.83. The second-order valence-electron chi connectivity index (χ2n) is 2.74. The quantitative estimate of drug-likeness (QED) is 0.461. The van der Waals surface area contributed by atoms with E-state index in [2.05, 4.69) is 6.58 Å². The maximum atomic E-state index is 11.4. The molecule has 0 radical (unpaired) electrons. The molecule has 0 aliphatic carbocycles. The van der Waals surface area contributed by atoms with Gasteiger partial charge in [0.05, 0.1) is 11.1 Å². The van der Waals surface area contributed by atoms with Crippen LogP contribution in [0.15, 0.2) is 30.9 Å². The van der Waals surface area contributed by atoms with Gasteiger partial charge < -0.3 is 9.84 Å². The van der Waals surface area contributed by atoms with Gasteiger partial charge in [0.25, 0.3) is 0 Å². The van der Waals surface area contributed by atoms with Gasteiger partial charge in [0.2, 0.25) is 0 Å². The largest absolute Gasteiger partial charge is 0.507 e. The summed E-state index contributed by atoms with van der Waals surface area (Å²) in [4.78, 5) is 22.0. The van der Waals surface area contributed by atoms with Crippen molar-refractivity contribution in [3.63, 3.8) is 0 Å². The van der Waals surface area contributed by atoms with Crippen molar-refractivity contribution in [2.75, 3.05) is 6.61 Å². The van der Waals surface area contributed by atoms with Crippen LogP contribution in [0.5, 0.6) is 5.75 Å². The Kier molecular flexibility index (Phi) is 3.62. The minimum Gasteiger partial charge on any atom is -0.507 e. The van der Waals surface area contributed by atoms with Crippen LogP contribution in [0.4, 0.5) is 0 Å². The third kappa shape index (κ3) is 2.43. The maximum Gasteiger partial charge on any atom is 0.339 e. The summed E-state index contributed by atoms with van der Waals surface area (Å²) < 4.78 is 4.75. The van der Waals surface area contributed by atoms with Crippen molar-refractivity contribution in [1.82, 2.24) is 0 Å². The van der Waals surface area contributed by atoms with Gasteiger partial charge in [-0.1, -0.05) is 18.7 Å². The van der Waals surface area contributed by atoms with E-state index in [-0.39, 0.29) is 23.5 Å². The molecule has 78 valence electrons. The molecule has 0 bridgehead atoms. The molecule has 0 spiro atoms. The van der Waals surface area contributed by atoms with Crippen LogP contribution < -0.4 is 0 Å². The third-order valence-electron chi connectivity index (χ3n) is 1.75. The lowest BCUT2D eigenvalue weighted by molar-refractivity contribution is 0.0547. The van der Waals surface area contributed by atoms with Crippen LogP contribution >= 0.6 is 0 Å². The molecule has 0 saturated heterocycles. The fourth-order valence-electron chi connectivity index (χ4n) is 1.07. The average molecular weight is 206 g/mol. The standard InChI is InChI=1S/C11H10O4/c1-2-6-15-11(14)8-4-3-5-10(13)9(8)7-12/h2-5,7,13H,1,6H2. The summed E-state index contributed by atoms with van der Waals surface area (Å²) in [6, 6.07) is 4.20. The van der Waals surface area contributed by atoms with E-state index in [1.54, 1.807) is 0 Å². The highest BCUT2D eigenvalue weighted by Crippen LogP contribution is 2.19. The lowest BCUT2D eigenvalue weighted by Gasteiger charge is -2.05. The zero-order valence-electron chi connectivity index (χ0n) is 7.97. The Hall–Kier alpha value is -2.10. The number of hydrogen-bond donors (Lipinski definition) is 1. The number of carbonyl (C=O) groups is 2. The van der Waals surface area contributed by atoms with Crippen molar-refractivity contribution in [3.8, 4) is 5.75 Å². The molecule has 0 heterocycles. The van der Waals surface area contributed by atoms with E-state index in [0.29, 0.717) is 6.29 Å². The first-order valence-electron chi connectivity index (χ1n) is 4.26. The molecule has 1 rings (SSSR count). The minimum atomic E-state index is -0.659. The SMILES string of the molecule is C=CCOC(=O)c1cccc(O)c1C=O. The number of benzene rings is 1. The van der Waals surface area contributed by atoms with Gasteiger partial charge in [0, 0.05) is 0 Å². The third-order valence-corrected chi connectivity index (χ3v) is 1.75. The first-order valence-corrected chi connectivity index (χ1v) is 4.26. The van der Waals surface area contributed by atoms with Crippen LogP contribution in [0.2, 0.25) is 0 Å². The predicted octanol–water partition coefficient (Wildman–Crippen LogP) is 1.55. The van der Waals surface area contributed by atoms with E-state index in [1.165, 1.54) is 24.3 Å². The average Bonchev–Trinajstić information content (AvgIpc) is 2.25. The highest BCUT2D eigenvalue weighted by atomic mass is 16.5. The summed E-state index contributed by atoms with van der Waals surface area (Å²) in [5.74, 6) is -0.897. The van der Waals surface area contributed by atoms with Gasteiger partial charge in [0.1, 0.15) is 12.4 Å². The second-order valence-corrected chi connectivity index (χ2v) is 2.74. The summed E-state index contributed by atoms with van der Waals surface area (Å²) in [7, 11) is 0. The van der Waals surface area contributed by atoms with Crippen molar-refractivity contribution < 1.29 is 19.4 Å². The molecule has 1 N–H and O–H groups in total. The Balaban J connectivity index is 3.02. The van der Waals surface area contributed by atoms with Gasteiger partial charge in [-0.05, 0) is 12.1 Å². The fourth-order valence-corrected chi connectivity index (χ4v) is 1.07. The summed E-state index contributed by atoms with van der Waals surface area (Å²) in [5, 5.41) is 9.31. The molecular weight excluding hydrogens is 196 g/mol. The van der Waals surface area contributed by atoms with Crippen molar-refractivity contribution in [2.24, 2.45) is 0 Å². The van der Waals surface area contributed by atoms with Crippen LogP contribution in [-0.4, -0.2) is 24.0 Å². The van der Waals surface area contributed by atoms with E-state index in [4.69, 9.17) is 4.74 Å². The lowest BCUT2D eigenvalue weighted by atomic mass is 10.1. The number of esters is 1. The molecular formula is C11H10O4. The Bertz CT molecular complexity index is 396. The molecule has 1 aromatic carbocycles. The van der Waals surface area contributed by atoms with E-state index in [9.17, 15) is 14.7 Å². The zero-order valence-corrected chi connectivity index (χ0v) is 7.97. The number of ether oxygens (including phenoxy) is 1. The minimum absolute atomic E-state index is 0.0480. The van der Waals surface area contributed by atoms with E-state index in [0.717, 1.165) is 0 Å². The molecule has 0 aromatic heterocycles. The molecule has 0 fully saturated rings. The van der Waals surface area contributed by atoms with Gasteiger partial charge >= 0.3 is 5.97 Å². The maximum absolute atomic E-state index is 11.4. The van der Waals surface area contributed by atoms with E-state index < -0.39 is 5.97 Å². The molecule has 0 unspecified atom stereocenters. The summed E-state index contributed by atoms with van der Waals surface area (Å²) in [6.45, 7) is 3.45. The summed E-state index contributed by atoms with van der Waals surface area (Å²) in [5.41, 5.74) is -0.0154. The number of hydrogen-bond acceptors (Lipinski definition) is 4. The molecule has 15 heavy (non-hydrogen) atoms. The number of phenolic OH excluding ortho intramolecular Hbond substituents is 1. The van der Waals surface area contributed by atoms with Crippen LogP contribution in [0.3, 0.4) is 0 Å². The first kappa shape index (κ1) is 11.0. The monoisotopic (exact) mass is 206 g/mol. The predicted molar refractivity (Wildman–Crippen MR) is 54.0 cm³/mol. The van der Waals surface area contributed by atoms with Gasteiger partial charge in [-0.15, -0.1) is 0 Å². The highest BCUT2D eigenvalue weighted by molar-refractivity contribution is 5.99. The topological polar surface area (TPSA) is 63.6 Å². The van der Waals surface area contributed by atoms with Crippen molar-refractivity contribution >= 4 is 12.3 Å². The van der Waals surface area contributed by atoms with Gasteiger partial charge in [-0.25, -0.2) is 4.79 Å². The number of aldehydes is 1. The fraction of sp³-hybridized carbons (Fsp3) is 0.0909. The number of aromatic hydroxyl groups is 1. The lowest BCUT2D eigenvalue weighted by Crippen LogP contribution is -2.08. The normalized spacial score (nSPS) is 9.33. The van der Waals surface area contributed by atoms with E-state index >= 15 is 0 Å². The Morgan fingerprint density at radius 3 is 2.87 bits per heavy atom. The molecule has 4 heteroatoms. The molecule has 0 aliphatic rings. The van der Waals surface area contributed by atoms with E-state index in [1.807, 2.05) is 0 Å². The number of rotatable bonds is 4. The van der Waals surface area contributed by atoms with Gasteiger partial charge in [-0.3, -0.25) is 4.79 Å². The van der Waals surface area contributed by atoms with Crippen LogP contribution in [0, 0.1) is 0 Å². The molecule has 0 amide bonds. The second kappa shape index (κ2) is 4.95. The van der Waals surface area contributed by atoms with Crippen molar-refractivity contribution in [1.29, 1.82) is 0 Å². The molecule has 1 aromatic rings. The molecule has 0 saturated carbocycles. The smallest absolute Gasteiger partial charge is 0.339 e. The van der Waals surface area contributed by atoms with Gasteiger partial charge in [-0.2, -0.15) is 0 Å². The first-order chi connectivity index (χ1) is 7.20. The Labute approximate surface area is 86.8 Å². The highest BCUT2D eigenvalue weighted by Gasteiger charge is 2.14.